The molecule has 0 aliphatic rings. The second kappa shape index (κ2) is 8.76. The number of carbonyl (C=O) groups is 1. The maximum atomic E-state index is 12.9. The number of carbonyl (C=O) groups excluding carboxylic acids is 1. The van der Waals surface area contributed by atoms with Crippen molar-refractivity contribution in [3.05, 3.63) is 59.1 Å². The molecule has 0 radical (unpaired) electrons. The van der Waals surface area contributed by atoms with Crippen LogP contribution in [0.2, 0.25) is 0 Å². The number of nitrogens with one attached hydrogen (secondary N) is 1. The number of pyridine rings is 2. The molecular weight excluding hydrogens is 406 g/mol. The lowest BCUT2D eigenvalue weighted by Crippen LogP contribution is -2.47. The number of hydrogen-bond acceptors (Lipinski definition) is 6. The van der Waals surface area contributed by atoms with Crippen molar-refractivity contribution in [1.29, 1.82) is 0 Å². The van der Waals surface area contributed by atoms with E-state index < -0.39 is 21.5 Å². The standard InChI is InChI=1S/C21H23N3O5S/c1-21(30(3)28,20(26)23-27)9-11-24-10-8-15-12-14(4-6-17(15)19(24)25)16-5-7-18(29-2)22-13-16/h4-8,10,12-13,27H,9,11H2,1-3H3,(H,23,26)/t21-,30?/m1/s1. The van der Waals surface area contributed by atoms with Crippen molar-refractivity contribution in [3.63, 3.8) is 0 Å². The number of amides is 1. The number of hydrogen-bond donors (Lipinski definition) is 2. The van der Waals surface area contributed by atoms with Crippen molar-refractivity contribution in [2.24, 2.45) is 0 Å². The summed E-state index contributed by atoms with van der Waals surface area (Å²) in [5.41, 5.74) is 3.18. The smallest absolute Gasteiger partial charge is 0.261 e. The Morgan fingerprint density at radius 2 is 2.00 bits per heavy atom. The third-order valence-electron chi connectivity index (χ3n) is 5.30. The monoisotopic (exact) mass is 429 g/mol. The molecule has 0 saturated heterocycles. The van der Waals surface area contributed by atoms with E-state index in [4.69, 9.17) is 9.94 Å². The first-order valence-electron chi connectivity index (χ1n) is 9.22. The minimum Gasteiger partial charge on any atom is -0.481 e. The number of aromatic nitrogens is 2. The summed E-state index contributed by atoms with van der Waals surface area (Å²) >= 11 is 0. The van der Waals surface area contributed by atoms with Gasteiger partial charge in [-0.2, -0.15) is 0 Å². The highest BCUT2D eigenvalue weighted by Crippen LogP contribution is 2.24. The Morgan fingerprint density at radius 3 is 2.60 bits per heavy atom. The summed E-state index contributed by atoms with van der Waals surface area (Å²) < 4.78 is 17.3. The molecule has 1 aromatic carbocycles. The molecule has 1 amide bonds. The summed E-state index contributed by atoms with van der Waals surface area (Å²) in [6.07, 6.45) is 4.88. The molecule has 0 fully saturated rings. The largest absolute Gasteiger partial charge is 0.481 e. The molecular formula is C21H23N3O5S. The lowest BCUT2D eigenvalue weighted by Gasteiger charge is -2.24. The van der Waals surface area contributed by atoms with Crippen LogP contribution in [0.3, 0.4) is 0 Å². The Balaban J connectivity index is 1.90. The molecule has 0 aliphatic carbocycles. The normalized spacial score (nSPS) is 14.1. The van der Waals surface area contributed by atoms with Crippen molar-refractivity contribution in [2.75, 3.05) is 13.4 Å². The van der Waals surface area contributed by atoms with Gasteiger partial charge < -0.3 is 9.30 Å². The SMILES string of the molecule is COc1ccc(-c2ccc3c(=O)n(CC[C@](C)(C(=O)NO)S(C)=O)ccc3c2)cn1. The predicted molar refractivity (Wildman–Crippen MR) is 115 cm³/mol. The molecule has 1 unspecified atom stereocenters. The fraction of sp³-hybridized carbons (Fsp3) is 0.286. The van der Waals surface area contributed by atoms with Crippen LogP contribution in [0.1, 0.15) is 13.3 Å². The highest BCUT2D eigenvalue weighted by atomic mass is 32.2. The lowest BCUT2D eigenvalue weighted by molar-refractivity contribution is -0.131. The van der Waals surface area contributed by atoms with E-state index in [0.29, 0.717) is 11.3 Å². The molecule has 3 rings (SSSR count). The molecule has 158 valence electrons. The summed E-state index contributed by atoms with van der Waals surface area (Å²) in [6.45, 7) is 1.68. The van der Waals surface area contributed by atoms with Gasteiger partial charge in [-0.3, -0.25) is 19.0 Å². The molecule has 0 spiro atoms. The molecule has 2 atom stereocenters. The Kier molecular flexibility index (Phi) is 6.33. The van der Waals surface area contributed by atoms with E-state index in [1.165, 1.54) is 17.7 Å². The number of ether oxygens (including phenoxy) is 1. The van der Waals surface area contributed by atoms with E-state index in [1.807, 2.05) is 24.3 Å². The zero-order chi connectivity index (χ0) is 21.9. The van der Waals surface area contributed by atoms with Crippen LogP contribution in [0.15, 0.2) is 53.6 Å². The molecule has 8 nitrogen and oxygen atoms in total. The third kappa shape index (κ3) is 4.12. The average molecular weight is 429 g/mol. The van der Waals surface area contributed by atoms with Gasteiger partial charge in [0.05, 0.1) is 7.11 Å². The van der Waals surface area contributed by atoms with E-state index in [1.54, 1.807) is 37.1 Å². The fourth-order valence-corrected chi connectivity index (χ4v) is 3.84. The number of benzene rings is 1. The van der Waals surface area contributed by atoms with Gasteiger partial charge in [0.2, 0.25) is 5.88 Å². The van der Waals surface area contributed by atoms with Crippen molar-refractivity contribution in [2.45, 2.75) is 24.6 Å². The summed E-state index contributed by atoms with van der Waals surface area (Å²) in [5.74, 6) is -0.216. The number of methoxy groups -OCH3 is 1. The minimum atomic E-state index is -1.54. The first-order valence-corrected chi connectivity index (χ1v) is 10.8. The average Bonchev–Trinajstić information content (AvgIpc) is 2.77. The van der Waals surface area contributed by atoms with Gasteiger partial charge in [-0.15, -0.1) is 0 Å². The van der Waals surface area contributed by atoms with Gasteiger partial charge in [-0.25, -0.2) is 10.5 Å². The summed E-state index contributed by atoms with van der Waals surface area (Å²) in [7, 11) is 0.0202. The summed E-state index contributed by atoms with van der Waals surface area (Å²) in [6, 6.07) is 11.0. The van der Waals surface area contributed by atoms with Crippen molar-refractivity contribution >= 4 is 27.5 Å². The number of aryl methyl sites for hydroxylation is 1. The van der Waals surface area contributed by atoms with Gasteiger partial charge >= 0.3 is 0 Å². The van der Waals surface area contributed by atoms with Gasteiger partial charge in [0.15, 0.2) is 0 Å². The summed E-state index contributed by atoms with van der Waals surface area (Å²) in [5, 5.41) is 10.3. The van der Waals surface area contributed by atoms with Crippen LogP contribution in [-0.4, -0.2) is 43.0 Å². The second-order valence-corrected chi connectivity index (χ2v) is 8.89. The van der Waals surface area contributed by atoms with E-state index >= 15 is 0 Å². The number of fused-ring (bicyclic) bond motifs is 1. The molecule has 0 bridgehead atoms. The molecule has 3 aromatic rings. The first-order chi connectivity index (χ1) is 14.3. The number of rotatable bonds is 7. The van der Waals surface area contributed by atoms with Gasteiger partial charge in [0.25, 0.3) is 11.5 Å². The number of hydroxylamine groups is 1. The highest BCUT2D eigenvalue weighted by molar-refractivity contribution is 7.86. The van der Waals surface area contributed by atoms with Gasteiger partial charge in [0.1, 0.15) is 4.75 Å². The number of nitrogens with zero attached hydrogens (tertiary/aromatic N) is 2. The Labute approximate surface area is 175 Å². The minimum absolute atomic E-state index is 0.128. The fourth-order valence-electron chi connectivity index (χ4n) is 3.16. The zero-order valence-electron chi connectivity index (χ0n) is 16.9. The quantitative estimate of drug-likeness (QED) is 0.440. The van der Waals surface area contributed by atoms with E-state index in [-0.39, 0.29) is 18.5 Å². The van der Waals surface area contributed by atoms with Gasteiger partial charge in [0, 0.05) is 53.0 Å². The van der Waals surface area contributed by atoms with Crippen LogP contribution in [-0.2, 0) is 22.1 Å². The van der Waals surface area contributed by atoms with Crippen LogP contribution < -0.4 is 15.8 Å². The van der Waals surface area contributed by atoms with E-state index in [0.717, 1.165) is 16.5 Å². The Hall–Kier alpha value is -3.04. The molecule has 30 heavy (non-hydrogen) atoms. The van der Waals surface area contributed by atoms with Crippen LogP contribution in [0.5, 0.6) is 5.88 Å². The van der Waals surface area contributed by atoms with Crippen molar-refractivity contribution in [1.82, 2.24) is 15.0 Å². The van der Waals surface area contributed by atoms with E-state index in [9.17, 15) is 13.8 Å². The first kappa shape index (κ1) is 21.7. The van der Waals surface area contributed by atoms with Gasteiger partial charge in [-0.1, -0.05) is 6.07 Å². The van der Waals surface area contributed by atoms with Crippen LogP contribution in [0, 0.1) is 0 Å². The van der Waals surface area contributed by atoms with Crippen LogP contribution >= 0.6 is 0 Å². The second-order valence-electron chi connectivity index (χ2n) is 7.08. The molecule has 0 saturated carbocycles. The van der Waals surface area contributed by atoms with E-state index in [2.05, 4.69) is 4.98 Å². The molecule has 2 aromatic heterocycles. The third-order valence-corrected chi connectivity index (χ3v) is 6.96. The maximum absolute atomic E-state index is 12.9. The molecule has 2 heterocycles. The predicted octanol–water partition coefficient (Wildman–Crippen LogP) is 2.10. The maximum Gasteiger partial charge on any atom is 0.261 e. The molecule has 9 heteroatoms. The van der Waals surface area contributed by atoms with Crippen LogP contribution in [0.4, 0.5) is 0 Å². The molecule has 0 aliphatic heterocycles. The molecule has 2 N–H and O–H groups in total. The zero-order valence-corrected chi connectivity index (χ0v) is 17.7. The Bertz CT molecular complexity index is 1160. The summed E-state index contributed by atoms with van der Waals surface area (Å²) in [4.78, 5) is 29.1. The van der Waals surface area contributed by atoms with Crippen molar-refractivity contribution in [3.8, 4) is 17.0 Å². The topological polar surface area (TPSA) is 111 Å². The highest BCUT2D eigenvalue weighted by Gasteiger charge is 2.37. The lowest BCUT2D eigenvalue weighted by atomic mass is 10.0. The van der Waals surface area contributed by atoms with Gasteiger partial charge in [-0.05, 0) is 48.6 Å². The van der Waals surface area contributed by atoms with Crippen LogP contribution in [0.25, 0.3) is 21.9 Å². The Morgan fingerprint density at radius 1 is 1.27 bits per heavy atom. The van der Waals surface area contributed by atoms with Crippen molar-refractivity contribution < 1.29 is 18.9 Å².